The van der Waals surface area contributed by atoms with E-state index in [1.165, 1.54) is 16.8 Å². The lowest BCUT2D eigenvalue weighted by Gasteiger charge is -2.13. The molecule has 2 heteroatoms. The van der Waals surface area contributed by atoms with E-state index in [9.17, 15) is 0 Å². The van der Waals surface area contributed by atoms with Crippen molar-refractivity contribution in [2.24, 2.45) is 0 Å². The minimum Gasteiger partial charge on any atom is -0.348 e. The Morgan fingerprint density at radius 3 is 2.25 bits per heavy atom. The molecular weight excluding hydrogens is 196 g/mol. The molecule has 0 fully saturated rings. The van der Waals surface area contributed by atoms with Crippen LogP contribution in [0.3, 0.4) is 0 Å². The van der Waals surface area contributed by atoms with Gasteiger partial charge in [-0.05, 0) is 11.1 Å². The highest BCUT2D eigenvalue weighted by molar-refractivity contribution is 5.52. The number of nitrogens with zero attached hydrogens (tertiary/aromatic N) is 1. The van der Waals surface area contributed by atoms with Crippen LogP contribution in [0.4, 0.5) is 0 Å². The van der Waals surface area contributed by atoms with E-state index in [1.807, 2.05) is 6.20 Å². The number of rotatable bonds is 1. The fourth-order valence-electron chi connectivity index (χ4n) is 3.25. The van der Waals surface area contributed by atoms with Crippen molar-refractivity contribution in [2.45, 2.75) is 17.8 Å². The van der Waals surface area contributed by atoms with Gasteiger partial charge in [0.15, 0.2) is 0 Å². The molecule has 1 unspecified atom stereocenters. The Balaban J connectivity index is 1.88. The quantitative estimate of drug-likeness (QED) is 0.717. The van der Waals surface area contributed by atoms with Gasteiger partial charge in [-0.3, -0.25) is 0 Å². The van der Waals surface area contributed by atoms with Crippen molar-refractivity contribution in [1.29, 1.82) is 0 Å². The van der Waals surface area contributed by atoms with Crippen molar-refractivity contribution in [2.75, 3.05) is 0 Å². The van der Waals surface area contributed by atoms with Gasteiger partial charge in [-0.25, -0.2) is 4.98 Å². The molecule has 0 amide bonds. The van der Waals surface area contributed by atoms with Gasteiger partial charge < -0.3 is 4.98 Å². The number of benzene rings is 1. The number of hydrogen-bond donors (Lipinski definition) is 1. The van der Waals surface area contributed by atoms with Crippen LogP contribution >= 0.6 is 0 Å². The van der Waals surface area contributed by atoms with E-state index in [0.717, 1.165) is 0 Å². The van der Waals surface area contributed by atoms with Gasteiger partial charge in [-0.15, -0.1) is 0 Å². The largest absolute Gasteiger partial charge is 0.348 e. The zero-order valence-corrected chi connectivity index (χ0v) is 8.80. The molecule has 0 aliphatic heterocycles. The lowest BCUT2D eigenvalue weighted by atomic mass is 9.91. The molecule has 3 atom stereocenters. The number of aromatic amines is 1. The molecule has 1 aromatic heterocycles. The molecule has 2 nitrogen and oxygen atoms in total. The molecule has 1 N–H and O–H groups in total. The van der Waals surface area contributed by atoms with Gasteiger partial charge in [0.25, 0.3) is 0 Å². The first-order valence-corrected chi connectivity index (χ1v) is 5.70. The molecule has 2 aliphatic carbocycles. The summed E-state index contributed by atoms with van der Waals surface area (Å²) in [6.45, 7) is 0. The van der Waals surface area contributed by atoms with E-state index >= 15 is 0 Å². The maximum Gasteiger partial charge on any atom is 0.0921 e. The molecule has 0 saturated heterocycles. The highest BCUT2D eigenvalue weighted by Crippen LogP contribution is 2.56. The summed E-state index contributed by atoms with van der Waals surface area (Å²) in [5.41, 5.74) is 4.25. The predicted octanol–water partition coefficient (Wildman–Crippen LogP) is 2.94. The first-order chi connectivity index (χ1) is 7.95. The van der Waals surface area contributed by atoms with Crippen LogP contribution in [0.1, 0.15) is 34.6 Å². The third-order valence-electron chi connectivity index (χ3n) is 3.89. The SMILES string of the molecule is C1=C[C@H]2c3ccccc3[C@@H]1C2c1cnc[nH]1. The minimum atomic E-state index is 0.542. The van der Waals surface area contributed by atoms with Crippen molar-refractivity contribution in [3.63, 3.8) is 0 Å². The second-order valence-corrected chi connectivity index (χ2v) is 4.60. The van der Waals surface area contributed by atoms with Gasteiger partial charge >= 0.3 is 0 Å². The number of aromatic nitrogens is 2. The van der Waals surface area contributed by atoms with E-state index in [1.54, 1.807) is 6.33 Å². The molecule has 2 bridgehead atoms. The Hall–Kier alpha value is -1.83. The first kappa shape index (κ1) is 8.34. The van der Waals surface area contributed by atoms with Gasteiger partial charge in [0.1, 0.15) is 0 Å². The molecule has 4 rings (SSSR count). The summed E-state index contributed by atoms with van der Waals surface area (Å²) < 4.78 is 0. The summed E-state index contributed by atoms with van der Waals surface area (Å²) in [5.74, 6) is 1.63. The van der Waals surface area contributed by atoms with Crippen LogP contribution < -0.4 is 0 Å². The van der Waals surface area contributed by atoms with Crippen molar-refractivity contribution < 1.29 is 0 Å². The van der Waals surface area contributed by atoms with Gasteiger partial charge in [0.05, 0.1) is 6.33 Å². The summed E-state index contributed by atoms with van der Waals surface area (Å²) in [7, 11) is 0. The van der Waals surface area contributed by atoms with Gasteiger partial charge in [0, 0.05) is 29.6 Å². The van der Waals surface area contributed by atoms with Crippen molar-refractivity contribution in [3.05, 3.63) is 65.8 Å². The van der Waals surface area contributed by atoms with Crippen molar-refractivity contribution in [3.8, 4) is 0 Å². The highest BCUT2D eigenvalue weighted by atomic mass is 14.9. The number of nitrogens with one attached hydrogen (secondary N) is 1. The van der Waals surface area contributed by atoms with Crippen LogP contribution in [-0.4, -0.2) is 9.97 Å². The van der Waals surface area contributed by atoms with E-state index in [4.69, 9.17) is 0 Å². The second kappa shape index (κ2) is 2.85. The summed E-state index contributed by atoms with van der Waals surface area (Å²) in [6, 6.07) is 8.79. The molecule has 1 aromatic carbocycles. The van der Waals surface area contributed by atoms with E-state index in [2.05, 4.69) is 46.4 Å². The van der Waals surface area contributed by atoms with E-state index in [-0.39, 0.29) is 0 Å². The Bertz CT molecular complexity index is 521. The van der Waals surface area contributed by atoms with Crippen LogP contribution in [0.15, 0.2) is 48.9 Å². The molecule has 16 heavy (non-hydrogen) atoms. The lowest BCUT2D eigenvalue weighted by Crippen LogP contribution is -2.02. The average molecular weight is 208 g/mol. The number of H-pyrrole nitrogens is 1. The van der Waals surface area contributed by atoms with Crippen molar-refractivity contribution >= 4 is 0 Å². The Morgan fingerprint density at radius 2 is 1.69 bits per heavy atom. The summed E-state index contributed by atoms with van der Waals surface area (Å²) in [4.78, 5) is 7.41. The smallest absolute Gasteiger partial charge is 0.0921 e. The summed E-state index contributed by atoms with van der Waals surface area (Å²) >= 11 is 0. The first-order valence-electron chi connectivity index (χ1n) is 5.70. The topological polar surface area (TPSA) is 28.7 Å². The van der Waals surface area contributed by atoms with E-state index in [0.29, 0.717) is 17.8 Å². The van der Waals surface area contributed by atoms with Gasteiger partial charge in [-0.1, -0.05) is 36.4 Å². The zero-order valence-electron chi connectivity index (χ0n) is 8.80. The molecule has 2 aromatic rings. The fraction of sp³-hybridized carbons (Fsp3) is 0.214. The number of imidazole rings is 1. The third-order valence-corrected chi connectivity index (χ3v) is 3.89. The standard InChI is InChI=1S/C14H12N2/c1-2-4-10-9(3-1)11-5-6-12(10)14(11)13-7-15-8-16-13/h1-8,11-12,14H,(H,15,16)/t11-,12+,14?. The lowest BCUT2D eigenvalue weighted by molar-refractivity contribution is 0.644. The van der Waals surface area contributed by atoms with Crippen LogP contribution in [0.5, 0.6) is 0 Å². The predicted molar refractivity (Wildman–Crippen MR) is 62.4 cm³/mol. The highest BCUT2D eigenvalue weighted by Gasteiger charge is 2.43. The summed E-state index contributed by atoms with van der Waals surface area (Å²) in [6.07, 6.45) is 8.43. The summed E-state index contributed by atoms with van der Waals surface area (Å²) in [5, 5.41) is 0. The number of fused-ring (bicyclic) bond motifs is 5. The van der Waals surface area contributed by atoms with Crippen LogP contribution in [0, 0.1) is 0 Å². The van der Waals surface area contributed by atoms with Crippen LogP contribution in [0.25, 0.3) is 0 Å². The number of hydrogen-bond acceptors (Lipinski definition) is 1. The molecular formula is C14H12N2. The normalized spacial score (nSPS) is 29.6. The Labute approximate surface area is 94.0 Å². The second-order valence-electron chi connectivity index (χ2n) is 4.60. The zero-order chi connectivity index (χ0) is 10.5. The molecule has 0 saturated carbocycles. The minimum absolute atomic E-state index is 0.542. The van der Waals surface area contributed by atoms with E-state index < -0.39 is 0 Å². The Morgan fingerprint density at radius 1 is 1.00 bits per heavy atom. The molecule has 0 radical (unpaired) electrons. The fourth-order valence-corrected chi connectivity index (χ4v) is 3.25. The van der Waals surface area contributed by atoms with Crippen LogP contribution in [-0.2, 0) is 0 Å². The van der Waals surface area contributed by atoms with Crippen LogP contribution in [0.2, 0.25) is 0 Å². The maximum absolute atomic E-state index is 4.14. The molecule has 78 valence electrons. The van der Waals surface area contributed by atoms with Crippen molar-refractivity contribution in [1.82, 2.24) is 9.97 Å². The van der Waals surface area contributed by atoms with Gasteiger partial charge in [-0.2, -0.15) is 0 Å². The monoisotopic (exact) mass is 208 g/mol. The molecule has 0 spiro atoms. The average Bonchev–Trinajstić information content (AvgIpc) is 3.03. The molecule has 2 aliphatic rings. The van der Waals surface area contributed by atoms with Gasteiger partial charge in [0.2, 0.25) is 0 Å². The third kappa shape index (κ3) is 0.896. The maximum atomic E-state index is 4.14. The Kier molecular flexibility index (Phi) is 1.48. The molecule has 1 heterocycles. The number of allylic oxidation sites excluding steroid dienone is 2.